The molecule has 280 valence electrons. The number of benzene rings is 3. The van der Waals surface area contributed by atoms with Crippen molar-refractivity contribution in [1.82, 2.24) is 0 Å². The summed E-state index contributed by atoms with van der Waals surface area (Å²) in [4.78, 5) is 29.5. The molecule has 1 spiro atoms. The molecular weight excluding hydrogens is 692 g/mol. The molecule has 52 heavy (non-hydrogen) atoms. The number of ether oxygens (including phenoxy) is 2. The Morgan fingerprint density at radius 2 is 1.87 bits per heavy atom. The highest BCUT2D eigenvalue weighted by Crippen LogP contribution is 2.45. The van der Waals surface area contributed by atoms with Crippen LogP contribution in [0.3, 0.4) is 0 Å². The van der Waals surface area contributed by atoms with Gasteiger partial charge in [0.1, 0.15) is 11.5 Å². The third-order valence-electron chi connectivity index (χ3n) is 10.8. The molecule has 2 bridgehead atoms. The van der Waals surface area contributed by atoms with Crippen LogP contribution in [0.4, 0.5) is 5.69 Å². The van der Waals surface area contributed by atoms with E-state index >= 15 is 0 Å². The smallest absolute Gasteiger partial charge is 0.285 e. The first-order chi connectivity index (χ1) is 25.1. The lowest BCUT2D eigenvalue weighted by atomic mass is 9.70. The summed E-state index contributed by atoms with van der Waals surface area (Å²) in [7, 11) is -1.41. The SMILES string of the molecule is CC.CO[C@H]1/C=C/CCC[S@@](=O)(CC(=O)CCc2ccccc2)=NC(=O)c2ccc3c(c2)N(C[C@H](C)[C@H]1C)C[C@@]1(CCCc2cc(Cl)ccc21)CO3. The normalized spacial score (nSPS) is 26.8. The third kappa shape index (κ3) is 9.55. The minimum atomic E-state index is -3.15. The van der Waals surface area contributed by atoms with Crippen molar-refractivity contribution >= 4 is 38.7 Å². The molecule has 0 N–H and O–H groups in total. The standard InChI is InChI=1S/C41H49ClN2O5S.C2H6/c1-29-25-44-27-41(21-10-13-32-23-34(42)17-19-36(32)41)28-49-39-20-16-33(24-37(39)44)40(46)43-50(47,22-9-5-8-14-38(48-3)30(29)2)26-35(45)18-15-31-11-6-4-7-12-31;1-2/h4,6-8,11-12,14,16-17,19-20,23-24,29-30,38H,5,9-10,13,15,18,21-22,25-28H2,1-3H3;1-2H3/b14-8+;/t29-,30+,38-,41-,50+;/m0./s1. The molecule has 3 aromatic carbocycles. The first-order valence-corrected chi connectivity index (χ1v) is 21.1. The summed E-state index contributed by atoms with van der Waals surface area (Å²) in [5, 5.41) is 0.742. The first-order valence-electron chi connectivity index (χ1n) is 18.9. The highest BCUT2D eigenvalue weighted by molar-refractivity contribution is 7.94. The fraction of sp³-hybridized carbons (Fsp3) is 0.488. The Hall–Kier alpha value is -3.46. The molecule has 1 aliphatic carbocycles. The molecule has 0 saturated heterocycles. The molecule has 0 radical (unpaired) electrons. The molecule has 3 aliphatic rings. The van der Waals surface area contributed by atoms with E-state index in [-0.39, 0.29) is 47.1 Å². The fourth-order valence-corrected chi connectivity index (χ4v) is 9.98. The molecule has 9 heteroatoms. The molecule has 0 fully saturated rings. The predicted octanol–water partition coefficient (Wildman–Crippen LogP) is 9.29. The second-order valence-electron chi connectivity index (χ2n) is 14.4. The number of allylic oxidation sites excluding steroid dienone is 1. The summed E-state index contributed by atoms with van der Waals surface area (Å²) in [6.07, 6.45) is 9.05. The van der Waals surface area contributed by atoms with Crippen LogP contribution in [0.25, 0.3) is 0 Å². The van der Waals surface area contributed by atoms with Crippen LogP contribution in [0, 0.1) is 11.8 Å². The molecular formula is C43H55ClN2O5S. The number of carbonyl (C=O) groups excluding carboxylic acids is 2. The molecule has 1 amide bonds. The number of halogens is 1. The number of ketones is 1. The molecule has 2 aliphatic heterocycles. The summed E-state index contributed by atoms with van der Waals surface area (Å²) >= 11 is 6.45. The zero-order valence-corrected chi connectivity index (χ0v) is 33.0. The van der Waals surface area contributed by atoms with Gasteiger partial charge in [-0.2, -0.15) is 4.36 Å². The van der Waals surface area contributed by atoms with Crippen molar-refractivity contribution in [2.75, 3.05) is 43.2 Å². The van der Waals surface area contributed by atoms with Gasteiger partial charge in [0.05, 0.1) is 33.9 Å². The van der Waals surface area contributed by atoms with E-state index in [9.17, 15) is 13.8 Å². The number of aryl methyl sites for hydroxylation is 2. The fourth-order valence-electron chi connectivity index (χ4n) is 7.82. The van der Waals surface area contributed by atoms with E-state index in [4.69, 9.17) is 21.1 Å². The van der Waals surface area contributed by atoms with Crippen molar-refractivity contribution in [3.63, 3.8) is 0 Å². The Kier molecular flexibility index (Phi) is 13.8. The van der Waals surface area contributed by atoms with Crippen LogP contribution in [0.5, 0.6) is 5.75 Å². The summed E-state index contributed by atoms with van der Waals surface area (Å²) in [5.41, 5.74) is 4.49. The van der Waals surface area contributed by atoms with E-state index in [1.54, 1.807) is 13.2 Å². The van der Waals surface area contributed by atoms with Crippen molar-refractivity contribution < 1.29 is 23.3 Å². The van der Waals surface area contributed by atoms with Gasteiger partial charge in [0.15, 0.2) is 0 Å². The van der Waals surface area contributed by atoms with Crippen LogP contribution in [0.2, 0.25) is 5.02 Å². The van der Waals surface area contributed by atoms with Crippen molar-refractivity contribution in [3.05, 3.63) is 106 Å². The van der Waals surface area contributed by atoms with Gasteiger partial charge in [0.2, 0.25) is 0 Å². The number of nitrogens with zero attached hydrogens (tertiary/aromatic N) is 2. The third-order valence-corrected chi connectivity index (χ3v) is 13.2. The van der Waals surface area contributed by atoms with E-state index in [2.05, 4.69) is 47.4 Å². The molecule has 0 saturated carbocycles. The van der Waals surface area contributed by atoms with Crippen LogP contribution in [-0.2, 0) is 37.5 Å². The maximum atomic E-state index is 14.4. The minimum Gasteiger partial charge on any atom is -0.490 e. The van der Waals surface area contributed by atoms with Gasteiger partial charge in [0, 0.05) is 48.4 Å². The number of anilines is 1. The van der Waals surface area contributed by atoms with E-state index in [0.29, 0.717) is 43.7 Å². The summed E-state index contributed by atoms with van der Waals surface area (Å²) in [6.45, 7) is 10.4. The molecule has 2 heterocycles. The van der Waals surface area contributed by atoms with E-state index in [1.807, 2.05) is 62.4 Å². The first kappa shape index (κ1) is 39.7. The van der Waals surface area contributed by atoms with Gasteiger partial charge in [-0.15, -0.1) is 0 Å². The lowest BCUT2D eigenvalue weighted by molar-refractivity contribution is -0.116. The van der Waals surface area contributed by atoms with Gasteiger partial charge >= 0.3 is 0 Å². The van der Waals surface area contributed by atoms with Crippen molar-refractivity contribution in [2.45, 2.75) is 84.2 Å². The van der Waals surface area contributed by atoms with Gasteiger partial charge in [-0.1, -0.05) is 87.8 Å². The second-order valence-corrected chi connectivity index (χ2v) is 17.3. The Morgan fingerprint density at radius 1 is 1.08 bits per heavy atom. The van der Waals surface area contributed by atoms with Crippen LogP contribution < -0.4 is 9.64 Å². The van der Waals surface area contributed by atoms with Crippen molar-refractivity contribution in [1.29, 1.82) is 0 Å². The number of hydrogen-bond donors (Lipinski definition) is 0. The Balaban J connectivity index is 0.00000257. The molecule has 0 aromatic heterocycles. The predicted molar refractivity (Wildman–Crippen MR) is 213 cm³/mol. The summed E-state index contributed by atoms with van der Waals surface area (Å²) in [6, 6.07) is 21.4. The summed E-state index contributed by atoms with van der Waals surface area (Å²) in [5.74, 6) is 0.347. The lowest BCUT2D eigenvalue weighted by Crippen LogP contribution is -2.47. The number of hydrogen-bond acceptors (Lipinski definition) is 6. The Morgan fingerprint density at radius 3 is 2.63 bits per heavy atom. The highest BCUT2D eigenvalue weighted by atomic mass is 35.5. The number of rotatable bonds is 6. The van der Waals surface area contributed by atoms with Crippen molar-refractivity contribution in [3.8, 4) is 5.75 Å². The minimum absolute atomic E-state index is 0.103. The number of fused-ring (bicyclic) bond motifs is 3. The molecule has 3 aromatic rings. The average molecular weight is 747 g/mol. The summed E-state index contributed by atoms with van der Waals surface area (Å²) < 4.78 is 31.3. The molecule has 5 atom stereocenters. The van der Waals surface area contributed by atoms with Crippen LogP contribution in [-0.4, -0.2) is 60.3 Å². The van der Waals surface area contributed by atoms with Crippen LogP contribution >= 0.6 is 11.6 Å². The Labute approximate surface area is 316 Å². The van der Waals surface area contributed by atoms with Gasteiger partial charge in [-0.3, -0.25) is 9.59 Å². The van der Waals surface area contributed by atoms with E-state index < -0.39 is 15.6 Å². The molecule has 0 unspecified atom stereocenters. The quantitative estimate of drug-likeness (QED) is 0.234. The highest BCUT2D eigenvalue weighted by Gasteiger charge is 2.42. The van der Waals surface area contributed by atoms with Gasteiger partial charge < -0.3 is 14.4 Å². The van der Waals surface area contributed by atoms with Crippen molar-refractivity contribution in [2.24, 2.45) is 16.2 Å². The number of amides is 1. The zero-order valence-electron chi connectivity index (χ0n) is 31.4. The maximum Gasteiger partial charge on any atom is 0.285 e. The van der Waals surface area contributed by atoms with E-state index in [1.165, 1.54) is 11.1 Å². The topological polar surface area (TPSA) is 85.3 Å². The number of methoxy groups -OCH3 is 1. The van der Waals surface area contributed by atoms with E-state index in [0.717, 1.165) is 42.1 Å². The van der Waals surface area contributed by atoms with Gasteiger partial charge in [-0.25, -0.2) is 4.21 Å². The second kappa shape index (κ2) is 18.0. The molecule has 6 rings (SSSR count). The zero-order chi connectivity index (χ0) is 37.3. The largest absolute Gasteiger partial charge is 0.490 e. The van der Waals surface area contributed by atoms with Gasteiger partial charge in [-0.05, 0) is 97.4 Å². The van der Waals surface area contributed by atoms with Crippen LogP contribution in [0.1, 0.15) is 86.8 Å². The molecule has 7 nitrogen and oxygen atoms in total. The van der Waals surface area contributed by atoms with Crippen LogP contribution in [0.15, 0.2) is 83.2 Å². The van der Waals surface area contributed by atoms with Gasteiger partial charge in [0.25, 0.3) is 5.91 Å². The number of carbonyl (C=O) groups is 2. The monoisotopic (exact) mass is 746 g/mol. The number of Topliss-reactive ketones (excluding diaryl/α,β-unsaturated/α-hetero) is 1. The lowest BCUT2D eigenvalue weighted by Gasteiger charge is -2.42. The maximum absolute atomic E-state index is 14.4. The Bertz CT molecular complexity index is 1850. The average Bonchev–Trinajstić information content (AvgIpc) is 3.29.